The molecular formula is C16H24N2O4S. The standard InChI is InChI=1S/C16H24N2O4S/c1-20-12-8-9-14(21-2)13(11-12)18-16(23)17-10-6-4-5-7-15(19)22-3/h8-9,11H,4-7,10H2,1-3H3,(H2,17,18,23). The molecule has 6 nitrogen and oxygen atoms in total. The molecule has 0 spiro atoms. The molecule has 0 amide bonds. The van der Waals surface area contributed by atoms with Crippen LogP contribution in [0.2, 0.25) is 0 Å². The third kappa shape index (κ3) is 7.19. The Kier molecular flexibility index (Phi) is 8.82. The molecule has 128 valence electrons. The van der Waals surface area contributed by atoms with Gasteiger partial charge >= 0.3 is 5.97 Å². The molecule has 0 aliphatic heterocycles. The van der Waals surface area contributed by atoms with Crippen LogP contribution in [0.1, 0.15) is 25.7 Å². The van der Waals surface area contributed by atoms with Crippen LogP contribution in [0.15, 0.2) is 18.2 Å². The first kappa shape index (κ1) is 19.0. The molecule has 23 heavy (non-hydrogen) atoms. The second-order valence-electron chi connectivity index (χ2n) is 4.83. The predicted octanol–water partition coefficient (Wildman–Crippen LogP) is 2.72. The average Bonchev–Trinajstić information content (AvgIpc) is 2.57. The quantitative estimate of drug-likeness (QED) is 0.407. The second kappa shape index (κ2) is 10.7. The maximum absolute atomic E-state index is 11.0. The number of anilines is 1. The fourth-order valence-corrected chi connectivity index (χ4v) is 2.17. The number of hydrogen-bond donors (Lipinski definition) is 2. The van der Waals surface area contributed by atoms with E-state index in [1.54, 1.807) is 14.2 Å². The van der Waals surface area contributed by atoms with Crippen LogP contribution in [-0.4, -0.2) is 39.0 Å². The number of benzene rings is 1. The molecule has 0 radical (unpaired) electrons. The lowest BCUT2D eigenvalue weighted by Crippen LogP contribution is -2.29. The van der Waals surface area contributed by atoms with Gasteiger partial charge in [0.2, 0.25) is 0 Å². The van der Waals surface area contributed by atoms with Gasteiger partial charge in [0.1, 0.15) is 11.5 Å². The van der Waals surface area contributed by atoms with Crippen molar-refractivity contribution in [3.05, 3.63) is 18.2 Å². The molecule has 0 unspecified atom stereocenters. The molecule has 0 heterocycles. The summed E-state index contributed by atoms with van der Waals surface area (Å²) >= 11 is 5.27. The predicted molar refractivity (Wildman–Crippen MR) is 94.3 cm³/mol. The summed E-state index contributed by atoms with van der Waals surface area (Å²) in [6, 6.07) is 5.46. The Balaban J connectivity index is 2.32. The normalized spacial score (nSPS) is 9.87. The second-order valence-corrected chi connectivity index (χ2v) is 5.24. The van der Waals surface area contributed by atoms with Gasteiger partial charge in [-0.2, -0.15) is 0 Å². The summed E-state index contributed by atoms with van der Waals surface area (Å²) in [5.74, 6) is 1.24. The molecule has 1 aromatic carbocycles. The molecule has 0 aliphatic rings. The maximum Gasteiger partial charge on any atom is 0.305 e. The fourth-order valence-electron chi connectivity index (χ4n) is 1.95. The first-order valence-electron chi connectivity index (χ1n) is 7.44. The van der Waals surface area contributed by atoms with Crippen molar-refractivity contribution in [2.24, 2.45) is 0 Å². The van der Waals surface area contributed by atoms with E-state index in [1.807, 2.05) is 18.2 Å². The van der Waals surface area contributed by atoms with E-state index in [1.165, 1.54) is 7.11 Å². The monoisotopic (exact) mass is 340 g/mol. The molecule has 7 heteroatoms. The van der Waals surface area contributed by atoms with Crippen LogP contribution in [0.3, 0.4) is 0 Å². The summed E-state index contributed by atoms with van der Waals surface area (Å²) in [5, 5.41) is 6.74. The van der Waals surface area contributed by atoms with Crippen molar-refractivity contribution < 1.29 is 19.0 Å². The van der Waals surface area contributed by atoms with Gasteiger partial charge in [-0.3, -0.25) is 4.79 Å². The number of rotatable bonds is 9. The highest BCUT2D eigenvalue weighted by Crippen LogP contribution is 2.28. The largest absolute Gasteiger partial charge is 0.497 e. The van der Waals surface area contributed by atoms with Crippen LogP contribution in [0, 0.1) is 0 Å². The number of nitrogens with one attached hydrogen (secondary N) is 2. The molecular weight excluding hydrogens is 316 g/mol. The summed E-state index contributed by atoms with van der Waals surface area (Å²) < 4.78 is 15.1. The van der Waals surface area contributed by atoms with E-state index in [0.29, 0.717) is 17.3 Å². The summed E-state index contributed by atoms with van der Waals surface area (Å²) in [5.41, 5.74) is 0.745. The highest BCUT2D eigenvalue weighted by atomic mass is 32.1. The summed E-state index contributed by atoms with van der Waals surface area (Å²) in [7, 11) is 4.61. The number of thiocarbonyl (C=S) groups is 1. The van der Waals surface area contributed by atoms with Gasteiger partial charge < -0.3 is 24.8 Å². The van der Waals surface area contributed by atoms with Crippen molar-refractivity contribution in [2.45, 2.75) is 25.7 Å². The maximum atomic E-state index is 11.0. The molecule has 0 fully saturated rings. The van der Waals surface area contributed by atoms with E-state index < -0.39 is 0 Å². The Morgan fingerprint density at radius 3 is 2.57 bits per heavy atom. The SMILES string of the molecule is COC(=O)CCCCCNC(=S)Nc1cc(OC)ccc1OC. The minimum absolute atomic E-state index is 0.166. The van der Waals surface area contributed by atoms with Crippen molar-refractivity contribution in [3.63, 3.8) is 0 Å². The van der Waals surface area contributed by atoms with E-state index in [2.05, 4.69) is 15.4 Å². The zero-order valence-electron chi connectivity index (χ0n) is 13.8. The Morgan fingerprint density at radius 2 is 1.91 bits per heavy atom. The van der Waals surface area contributed by atoms with E-state index >= 15 is 0 Å². The number of carbonyl (C=O) groups is 1. The first-order chi connectivity index (χ1) is 11.1. The molecule has 0 bridgehead atoms. The third-order valence-electron chi connectivity index (χ3n) is 3.23. The number of esters is 1. The van der Waals surface area contributed by atoms with E-state index in [4.69, 9.17) is 21.7 Å². The number of hydrogen-bond acceptors (Lipinski definition) is 5. The molecule has 1 aromatic rings. The van der Waals surface area contributed by atoms with Gasteiger partial charge in [0.15, 0.2) is 5.11 Å². The van der Waals surface area contributed by atoms with Crippen molar-refractivity contribution in [3.8, 4) is 11.5 Å². The van der Waals surface area contributed by atoms with Gasteiger partial charge in [-0.1, -0.05) is 6.42 Å². The smallest absolute Gasteiger partial charge is 0.305 e. The minimum Gasteiger partial charge on any atom is -0.497 e. The highest BCUT2D eigenvalue weighted by molar-refractivity contribution is 7.80. The van der Waals surface area contributed by atoms with Gasteiger partial charge in [0, 0.05) is 19.0 Å². The Morgan fingerprint density at radius 1 is 1.13 bits per heavy atom. The van der Waals surface area contributed by atoms with Gasteiger partial charge in [0.25, 0.3) is 0 Å². The number of ether oxygens (including phenoxy) is 3. The van der Waals surface area contributed by atoms with E-state index in [-0.39, 0.29) is 5.97 Å². The summed E-state index contributed by atoms with van der Waals surface area (Å²) in [6.45, 7) is 0.735. The summed E-state index contributed by atoms with van der Waals surface area (Å²) in [4.78, 5) is 11.0. The molecule has 0 aliphatic carbocycles. The van der Waals surface area contributed by atoms with E-state index in [0.717, 1.165) is 37.2 Å². The fraction of sp³-hybridized carbons (Fsp3) is 0.500. The molecule has 0 saturated heterocycles. The zero-order chi connectivity index (χ0) is 17.1. The van der Waals surface area contributed by atoms with Crippen LogP contribution in [0.4, 0.5) is 5.69 Å². The lowest BCUT2D eigenvalue weighted by Gasteiger charge is -2.14. The van der Waals surface area contributed by atoms with Crippen molar-refractivity contribution in [1.29, 1.82) is 0 Å². The van der Waals surface area contributed by atoms with Crippen molar-refractivity contribution in [1.82, 2.24) is 5.32 Å². The van der Waals surface area contributed by atoms with Crippen LogP contribution in [0.25, 0.3) is 0 Å². The van der Waals surface area contributed by atoms with Crippen LogP contribution in [0.5, 0.6) is 11.5 Å². The molecule has 2 N–H and O–H groups in total. The number of methoxy groups -OCH3 is 3. The zero-order valence-corrected chi connectivity index (χ0v) is 14.6. The lowest BCUT2D eigenvalue weighted by molar-refractivity contribution is -0.140. The van der Waals surface area contributed by atoms with Gasteiger partial charge in [0.05, 0.1) is 27.0 Å². The molecule has 0 aromatic heterocycles. The van der Waals surface area contributed by atoms with Gasteiger partial charge in [-0.15, -0.1) is 0 Å². The van der Waals surface area contributed by atoms with Gasteiger partial charge in [-0.25, -0.2) is 0 Å². The van der Waals surface area contributed by atoms with Gasteiger partial charge in [-0.05, 0) is 37.2 Å². The van der Waals surface area contributed by atoms with Crippen LogP contribution in [-0.2, 0) is 9.53 Å². The van der Waals surface area contributed by atoms with Crippen LogP contribution >= 0.6 is 12.2 Å². The van der Waals surface area contributed by atoms with Crippen molar-refractivity contribution >= 4 is 29.0 Å². The number of carbonyl (C=O) groups excluding carboxylic acids is 1. The Bertz CT molecular complexity index is 523. The number of unbranched alkanes of at least 4 members (excludes halogenated alkanes) is 2. The molecule has 0 saturated carbocycles. The van der Waals surface area contributed by atoms with Crippen molar-refractivity contribution in [2.75, 3.05) is 33.2 Å². The molecule has 1 rings (SSSR count). The van der Waals surface area contributed by atoms with E-state index in [9.17, 15) is 4.79 Å². The lowest BCUT2D eigenvalue weighted by atomic mass is 10.2. The minimum atomic E-state index is -0.166. The van der Waals surface area contributed by atoms with Crippen LogP contribution < -0.4 is 20.1 Å². The summed E-state index contributed by atoms with van der Waals surface area (Å²) in [6.07, 6.45) is 3.14. The third-order valence-corrected chi connectivity index (χ3v) is 3.47. The average molecular weight is 340 g/mol. The Hall–Kier alpha value is -2.02. The molecule has 0 atom stereocenters. The first-order valence-corrected chi connectivity index (χ1v) is 7.85. The topological polar surface area (TPSA) is 68.8 Å². The highest BCUT2D eigenvalue weighted by Gasteiger charge is 2.06. The Labute approximate surface area is 142 Å².